The van der Waals surface area contributed by atoms with Crippen molar-refractivity contribution in [3.05, 3.63) is 23.8 Å². The molecule has 2 saturated carbocycles. The van der Waals surface area contributed by atoms with Gasteiger partial charge < -0.3 is 24.8 Å². The standard InChI is InChI=1S/C22H30N2O5/c1-13(25)23-18-8-15-10-24(11-16(15)9-20(18)29-12-14-6-7-14)22(27)17-4-3-5-19(28-2)21(17)26/h3-5,14-16,18,20,26H,6-12H2,1-2H3,(H,23,25)/t15-,16+,18-,20-/m1/s1. The molecule has 0 radical (unpaired) electrons. The maximum atomic E-state index is 13.1. The molecule has 158 valence electrons. The van der Waals surface area contributed by atoms with Crippen LogP contribution in [0.5, 0.6) is 11.5 Å². The minimum absolute atomic E-state index is 0.000948. The molecule has 1 heterocycles. The predicted octanol–water partition coefficient (Wildman–Crippen LogP) is 2.18. The Morgan fingerprint density at radius 3 is 2.59 bits per heavy atom. The number of phenols is 1. The Morgan fingerprint density at radius 1 is 1.21 bits per heavy atom. The van der Waals surface area contributed by atoms with E-state index in [1.165, 1.54) is 20.0 Å². The lowest BCUT2D eigenvalue weighted by molar-refractivity contribution is -0.122. The summed E-state index contributed by atoms with van der Waals surface area (Å²) in [5.74, 6) is 1.31. The first-order chi connectivity index (χ1) is 14.0. The molecule has 29 heavy (non-hydrogen) atoms. The van der Waals surface area contributed by atoms with E-state index >= 15 is 0 Å². The van der Waals surface area contributed by atoms with Gasteiger partial charge in [-0.25, -0.2) is 0 Å². The number of nitrogens with one attached hydrogen (secondary N) is 1. The number of ether oxygens (including phenoxy) is 2. The molecule has 1 aliphatic heterocycles. The van der Waals surface area contributed by atoms with Crippen molar-refractivity contribution in [1.29, 1.82) is 0 Å². The molecule has 7 nitrogen and oxygen atoms in total. The molecule has 4 rings (SSSR count). The van der Waals surface area contributed by atoms with Gasteiger partial charge >= 0.3 is 0 Å². The van der Waals surface area contributed by atoms with Gasteiger partial charge in [0.2, 0.25) is 5.91 Å². The summed E-state index contributed by atoms with van der Waals surface area (Å²) in [5.41, 5.74) is 0.267. The summed E-state index contributed by atoms with van der Waals surface area (Å²) < 4.78 is 11.3. The fourth-order valence-electron chi connectivity index (χ4n) is 4.75. The van der Waals surface area contributed by atoms with Gasteiger partial charge in [-0.3, -0.25) is 9.59 Å². The fourth-order valence-corrected chi connectivity index (χ4v) is 4.75. The van der Waals surface area contributed by atoms with Crippen molar-refractivity contribution < 1.29 is 24.2 Å². The Hall–Kier alpha value is -2.28. The number of phenolic OH excluding ortho intramolecular Hbond substituents is 1. The Balaban J connectivity index is 1.45. The van der Waals surface area contributed by atoms with Gasteiger partial charge in [-0.2, -0.15) is 0 Å². The Bertz CT molecular complexity index is 778. The summed E-state index contributed by atoms with van der Waals surface area (Å²) in [6, 6.07) is 4.97. The lowest BCUT2D eigenvalue weighted by Gasteiger charge is -2.38. The number of hydrogen-bond acceptors (Lipinski definition) is 5. The van der Waals surface area contributed by atoms with E-state index < -0.39 is 0 Å². The summed E-state index contributed by atoms with van der Waals surface area (Å²) in [5, 5.41) is 13.4. The third-order valence-corrected chi connectivity index (χ3v) is 6.49. The van der Waals surface area contributed by atoms with Crippen molar-refractivity contribution >= 4 is 11.8 Å². The van der Waals surface area contributed by atoms with Gasteiger partial charge in [-0.05, 0) is 55.6 Å². The topological polar surface area (TPSA) is 88.1 Å². The van der Waals surface area contributed by atoms with E-state index in [2.05, 4.69) is 5.32 Å². The average molecular weight is 402 g/mol. The molecule has 0 bridgehead atoms. The Morgan fingerprint density at radius 2 is 1.93 bits per heavy atom. The SMILES string of the molecule is COc1cccc(C(=O)N2C[C@H]3C[C@@H](NC(C)=O)[C@H](OCC4CC4)C[C@H]3C2)c1O. The lowest BCUT2D eigenvalue weighted by Crippen LogP contribution is -2.50. The third kappa shape index (κ3) is 4.34. The zero-order valence-electron chi connectivity index (χ0n) is 17.1. The molecule has 0 unspecified atom stereocenters. The molecule has 3 aliphatic rings. The summed E-state index contributed by atoms with van der Waals surface area (Å²) in [6.45, 7) is 3.58. The number of methoxy groups -OCH3 is 1. The smallest absolute Gasteiger partial charge is 0.257 e. The number of hydrogen-bond donors (Lipinski definition) is 2. The molecule has 0 spiro atoms. The monoisotopic (exact) mass is 402 g/mol. The van der Waals surface area contributed by atoms with Crippen molar-refractivity contribution in [3.63, 3.8) is 0 Å². The van der Waals surface area contributed by atoms with Gasteiger partial charge in [0.15, 0.2) is 11.5 Å². The summed E-state index contributed by atoms with van der Waals surface area (Å²) in [7, 11) is 1.47. The first kappa shape index (κ1) is 20.0. The quantitative estimate of drug-likeness (QED) is 0.762. The largest absolute Gasteiger partial charge is 0.504 e. The number of fused-ring (bicyclic) bond motifs is 1. The number of rotatable bonds is 6. The van der Waals surface area contributed by atoms with Gasteiger partial charge in [0.25, 0.3) is 5.91 Å². The van der Waals surface area contributed by atoms with Crippen LogP contribution in [0.15, 0.2) is 18.2 Å². The van der Waals surface area contributed by atoms with Crippen molar-refractivity contribution in [2.45, 2.75) is 44.8 Å². The van der Waals surface area contributed by atoms with E-state index in [9.17, 15) is 14.7 Å². The maximum absolute atomic E-state index is 13.1. The molecule has 2 amide bonds. The highest BCUT2D eigenvalue weighted by Crippen LogP contribution is 2.40. The second-order valence-corrected chi connectivity index (χ2v) is 8.68. The first-order valence-electron chi connectivity index (χ1n) is 10.5. The summed E-state index contributed by atoms with van der Waals surface area (Å²) in [6.07, 6.45) is 4.12. The Labute approximate surface area is 171 Å². The van der Waals surface area contributed by atoms with Crippen LogP contribution >= 0.6 is 0 Å². The number of carbonyl (C=O) groups excluding carboxylic acids is 2. The second kappa shape index (κ2) is 8.22. The van der Waals surface area contributed by atoms with Crippen molar-refractivity contribution in [1.82, 2.24) is 10.2 Å². The fraction of sp³-hybridized carbons (Fsp3) is 0.636. The number of benzene rings is 1. The van der Waals surface area contributed by atoms with E-state index in [0.29, 0.717) is 36.6 Å². The van der Waals surface area contributed by atoms with Crippen LogP contribution in [0.2, 0.25) is 0 Å². The molecule has 7 heteroatoms. The third-order valence-electron chi connectivity index (χ3n) is 6.49. The van der Waals surface area contributed by atoms with Crippen LogP contribution in [0.4, 0.5) is 0 Å². The van der Waals surface area contributed by atoms with Crippen molar-refractivity contribution in [2.24, 2.45) is 17.8 Å². The van der Waals surface area contributed by atoms with E-state index in [1.54, 1.807) is 25.1 Å². The summed E-state index contributed by atoms with van der Waals surface area (Å²) in [4.78, 5) is 26.6. The van der Waals surface area contributed by atoms with Crippen LogP contribution in [-0.2, 0) is 9.53 Å². The zero-order valence-corrected chi connectivity index (χ0v) is 17.1. The van der Waals surface area contributed by atoms with Crippen LogP contribution in [-0.4, -0.2) is 60.8 Å². The minimum Gasteiger partial charge on any atom is -0.504 e. The molecule has 1 aromatic carbocycles. The minimum atomic E-state index is -0.178. The maximum Gasteiger partial charge on any atom is 0.257 e. The van der Waals surface area contributed by atoms with Gasteiger partial charge in [0, 0.05) is 26.6 Å². The summed E-state index contributed by atoms with van der Waals surface area (Å²) >= 11 is 0. The van der Waals surface area contributed by atoms with Crippen LogP contribution in [0.25, 0.3) is 0 Å². The number of likely N-dealkylation sites (tertiary alicyclic amines) is 1. The highest BCUT2D eigenvalue weighted by Gasteiger charge is 2.45. The van der Waals surface area contributed by atoms with Gasteiger partial charge in [0.05, 0.1) is 24.8 Å². The van der Waals surface area contributed by atoms with Crippen LogP contribution < -0.4 is 10.1 Å². The van der Waals surface area contributed by atoms with Gasteiger partial charge in [-0.1, -0.05) is 6.07 Å². The zero-order chi connectivity index (χ0) is 20.5. The van der Waals surface area contributed by atoms with Gasteiger partial charge in [0.1, 0.15) is 0 Å². The van der Waals surface area contributed by atoms with Crippen LogP contribution in [0, 0.1) is 17.8 Å². The predicted molar refractivity (Wildman–Crippen MR) is 107 cm³/mol. The van der Waals surface area contributed by atoms with Gasteiger partial charge in [-0.15, -0.1) is 0 Å². The second-order valence-electron chi connectivity index (χ2n) is 8.68. The van der Waals surface area contributed by atoms with Crippen molar-refractivity contribution in [2.75, 3.05) is 26.8 Å². The molecule has 0 aromatic heterocycles. The highest BCUT2D eigenvalue weighted by molar-refractivity contribution is 5.97. The average Bonchev–Trinajstić information content (AvgIpc) is 3.43. The molecule has 1 saturated heterocycles. The number of amides is 2. The van der Waals surface area contributed by atoms with Crippen LogP contribution in [0.3, 0.4) is 0 Å². The molecule has 4 atom stereocenters. The molecule has 2 aliphatic carbocycles. The first-order valence-corrected chi connectivity index (χ1v) is 10.5. The number of carbonyl (C=O) groups is 2. The van der Waals surface area contributed by atoms with Crippen molar-refractivity contribution in [3.8, 4) is 11.5 Å². The van der Waals surface area contributed by atoms with E-state index in [4.69, 9.17) is 9.47 Å². The molecular weight excluding hydrogens is 372 g/mol. The molecule has 1 aromatic rings. The number of nitrogens with zero attached hydrogens (tertiary/aromatic N) is 1. The number of para-hydroxylation sites is 1. The molecule has 2 N–H and O–H groups in total. The van der Waals surface area contributed by atoms with E-state index in [0.717, 1.165) is 19.4 Å². The number of aromatic hydroxyl groups is 1. The van der Waals surface area contributed by atoms with E-state index in [-0.39, 0.29) is 35.3 Å². The molecule has 3 fully saturated rings. The van der Waals surface area contributed by atoms with E-state index in [1.807, 2.05) is 4.90 Å². The highest BCUT2D eigenvalue weighted by atomic mass is 16.5. The van der Waals surface area contributed by atoms with Crippen LogP contribution in [0.1, 0.15) is 43.0 Å². The lowest BCUT2D eigenvalue weighted by atomic mass is 9.77. The Kier molecular flexibility index (Phi) is 5.67. The normalized spacial score (nSPS) is 28.7. The molecular formula is C22H30N2O5.